The molecule has 9 heteroatoms. The Morgan fingerprint density at radius 2 is 1.75 bits per heavy atom. The summed E-state index contributed by atoms with van der Waals surface area (Å²) < 4.78 is 34.1. The van der Waals surface area contributed by atoms with Crippen LogP contribution in [0, 0.1) is 0 Å². The van der Waals surface area contributed by atoms with Crippen molar-refractivity contribution in [3.63, 3.8) is 0 Å². The Hall–Kier alpha value is -2.52. The van der Waals surface area contributed by atoms with Crippen LogP contribution in [0.4, 0.5) is 5.69 Å². The molecule has 0 aliphatic heterocycles. The second-order valence-electron chi connectivity index (χ2n) is 6.85. The van der Waals surface area contributed by atoms with Crippen molar-refractivity contribution >= 4 is 45.0 Å². The molecule has 1 atom stereocenters. The first kappa shape index (κ1) is 24.1. The maximum atomic E-state index is 13.2. The SMILES string of the molecule is COc1ccc(Cl)cc1S(=O)(=O)NC(Cc1ccccc1)C(=O)Nc1ccccc1SC. The Bertz CT molecular complexity index is 1190. The van der Waals surface area contributed by atoms with E-state index in [-0.39, 0.29) is 22.1 Å². The second-order valence-corrected chi connectivity index (χ2v) is 9.82. The molecule has 3 rings (SSSR count). The van der Waals surface area contributed by atoms with Crippen molar-refractivity contribution in [3.8, 4) is 5.75 Å². The van der Waals surface area contributed by atoms with Crippen LogP contribution in [0.3, 0.4) is 0 Å². The van der Waals surface area contributed by atoms with Crippen LogP contribution in [-0.4, -0.2) is 33.7 Å². The van der Waals surface area contributed by atoms with E-state index in [2.05, 4.69) is 10.0 Å². The fourth-order valence-corrected chi connectivity index (χ4v) is 5.30. The van der Waals surface area contributed by atoms with Crippen molar-refractivity contribution in [1.29, 1.82) is 0 Å². The molecule has 32 heavy (non-hydrogen) atoms. The van der Waals surface area contributed by atoms with E-state index in [1.807, 2.05) is 54.8 Å². The summed E-state index contributed by atoms with van der Waals surface area (Å²) in [6.07, 6.45) is 2.07. The molecule has 1 amide bonds. The number of carbonyl (C=O) groups is 1. The van der Waals surface area contributed by atoms with E-state index in [4.69, 9.17) is 16.3 Å². The van der Waals surface area contributed by atoms with E-state index in [0.29, 0.717) is 5.69 Å². The van der Waals surface area contributed by atoms with Crippen LogP contribution in [0.1, 0.15) is 5.56 Å². The zero-order chi connectivity index (χ0) is 23.1. The van der Waals surface area contributed by atoms with Gasteiger partial charge in [0.15, 0.2) is 0 Å². The van der Waals surface area contributed by atoms with Gasteiger partial charge in [0.05, 0.1) is 12.8 Å². The maximum Gasteiger partial charge on any atom is 0.245 e. The number of ether oxygens (including phenoxy) is 1. The van der Waals surface area contributed by atoms with Crippen LogP contribution >= 0.6 is 23.4 Å². The number of nitrogens with one attached hydrogen (secondary N) is 2. The topological polar surface area (TPSA) is 84.5 Å². The molecular weight excluding hydrogens is 468 g/mol. The van der Waals surface area contributed by atoms with E-state index in [9.17, 15) is 13.2 Å². The quantitative estimate of drug-likeness (QED) is 0.428. The summed E-state index contributed by atoms with van der Waals surface area (Å²) in [5, 5.41) is 3.09. The average molecular weight is 491 g/mol. The van der Waals surface area contributed by atoms with Crippen LogP contribution < -0.4 is 14.8 Å². The monoisotopic (exact) mass is 490 g/mol. The minimum absolute atomic E-state index is 0.133. The maximum absolute atomic E-state index is 13.2. The van der Waals surface area contributed by atoms with Gasteiger partial charge in [-0.25, -0.2) is 8.42 Å². The first-order chi connectivity index (χ1) is 15.3. The zero-order valence-corrected chi connectivity index (χ0v) is 19.9. The van der Waals surface area contributed by atoms with Gasteiger partial charge in [-0.2, -0.15) is 4.72 Å². The van der Waals surface area contributed by atoms with Crippen molar-refractivity contribution in [3.05, 3.63) is 83.4 Å². The van der Waals surface area contributed by atoms with Crippen LogP contribution in [0.5, 0.6) is 5.75 Å². The highest BCUT2D eigenvalue weighted by atomic mass is 35.5. The molecule has 3 aromatic rings. The average Bonchev–Trinajstić information content (AvgIpc) is 2.79. The first-order valence-electron chi connectivity index (χ1n) is 9.67. The molecule has 0 aliphatic carbocycles. The minimum atomic E-state index is -4.12. The largest absolute Gasteiger partial charge is 0.495 e. The molecule has 0 radical (unpaired) electrons. The molecule has 2 N–H and O–H groups in total. The molecule has 0 fully saturated rings. The number of anilines is 1. The van der Waals surface area contributed by atoms with E-state index in [1.165, 1.54) is 37.1 Å². The fourth-order valence-electron chi connectivity index (χ4n) is 3.12. The first-order valence-corrected chi connectivity index (χ1v) is 12.8. The lowest BCUT2D eigenvalue weighted by atomic mass is 10.1. The number of hydrogen-bond acceptors (Lipinski definition) is 5. The number of thioether (sulfide) groups is 1. The molecule has 0 heterocycles. The molecule has 6 nitrogen and oxygen atoms in total. The second kappa shape index (κ2) is 10.9. The zero-order valence-electron chi connectivity index (χ0n) is 17.5. The van der Waals surface area contributed by atoms with Crippen LogP contribution in [0.2, 0.25) is 5.02 Å². The Kier molecular flexibility index (Phi) is 8.20. The van der Waals surface area contributed by atoms with E-state index >= 15 is 0 Å². The van der Waals surface area contributed by atoms with Crippen molar-refractivity contribution in [2.24, 2.45) is 0 Å². The molecule has 0 saturated carbocycles. The lowest BCUT2D eigenvalue weighted by Gasteiger charge is -2.20. The van der Waals surface area contributed by atoms with Crippen molar-refractivity contribution in [1.82, 2.24) is 4.72 Å². The number of halogens is 1. The van der Waals surface area contributed by atoms with Gasteiger partial charge in [0.2, 0.25) is 15.9 Å². The number of carbonyl (C=O) groups excluding carboxylic acids is 1. The van der Waals surface area contributed by atoms with Gasteiger partial charge >= 0.3 is 0 Å². The number of amides is 1. The summed E-state index contributed by atoms with van der Waals surface area (Å²) >= 11 is 7.51. The molecule has 0 bridgehead atoms. The molecule has 168 valence electrons. The lowest BCUT2D eigenvalue weighted by Crippen LogP contribution is -2.45. The fraction of sp³-hybridized carbons (Fsp3) is 0.174. The highest BCUT2D eigenvalue weighted by molar-refractivity contribution is 7.98. The third-order valence-corrected chi connectivity index (χ3v) is 7.20. The Labute approximate surface area is 197 Å². The van der Waals surface area contributed by atoms with Crippen LogP contribution in [0.15, 0.2) is 82.6 Å². The summed E-state index contributed by atoms with van der Waals surface area (Å²) in [6.45, 7) is 0. The molecule has 0 aliphatic rings. The molecular formula is C23H23ClN2O4S2. The predicted octanol–water partition coefficient (Wildman–Crippen LogP) is 4.60. The van der Waals surface area contributed by atoms with E-state index in [1.54, 1.807) is 6.07 Å². The van der Waals surface area contributed by atoms with Gasteiger partial charge in [0, 0.05) is 9.92 Å². The van der Waals surface area contributed by atoms with Crippen LogP contribution in [0.25, 0.3) is 0 Å². The van der Waals surface area contributed by atoms with Gasteiger partial charge in [0.1, 0.15) is 16.7 Å². The number of rotatable bonds is 9. The van der Waals surface area contributed by atoms with Gasteiger partial charge < -0.3 is 10.1 Å². The molecule has 0 aromatic heterocycles. The van der Waals surface area contributed by atoms with E-state index < -0.39 is 22.0 Å². The smallest absolute Gasteiger partial charge is 0.245 e. The Morgan fingerprint density at radius 1 is 1.06 bits per heavy atom. The number of hydrogen-bond donors (Lipinski definition) is 2. The van der Waals surface area contributed by atoms with Crippen LogP contribution in [-0.2, 0) is 21.2 Å². The third-order valence-electron chi connectivity index (χ3n) is 4.68. The van der Waals surface area contributed by atoms with Crippen molar-refractivity contribution < 1.29 is 17.9 Å². The normalized spacial score (nSPS) is 12.2. The van der Waals surface area contributed by atoms with Crippen molar-refractivity contribution in [2.45, 2.75) is 22.3 Å². The Balaban J connectivity index is 1.94. The highest BCUT2D eigenvalue weighted by Crippen LogP contribution is 2.28. The predicted molar refractivity (Wildman–Crippen MR) is 129 cm³/mol. The van der Waals surface area contributed by atoms with Gasteiger partial charge in [0.25, 0.3) is 0 Å². The van der Waals surface area contributed by atoms with Gasteiger partial charge in [-0.15, -0.1) is 11.8 Å². The summed E-state index contributed by atoms with van der Waals surface area (Å²) in [7, 11) is -2.75. The van der Waals surface area contributed by atoms with Gasteiger partial charge in [-0.05, 0) is 48.6 Å². The number of benzene rings is 3. The lowest BCUT2D eigenvalue weighted by molar-refractivity contribution is -0.117. The molecule has 0 saturated heterocycles. The van der Waals surface area contributed by atoms with Crippen molar-refractivity contribution in [2.75, 3.05) is 18.7 Å². The number of para-hydroxylation sites is 1. The minimum Gasteiger partial charge on any atom is -0.495 e. The summed E-state index contributed by atoms with van der Waals surface area (Å²) in [6, 6.07) is 19.8. The third kappa shape index (κ3) is 6.04. The van der Waals surface area contributed by atoms with Gasteiger partial charge in [-0.3, -0.25) is 4.79 Å². The summed E-state index contributed by atoms with van der Waals surface area (Å²) in [5.41, 5.74) is 1.43. The Morgan fingerprint density at radius 3 is 2.44 bits per heavy atom. The van der Waals surface area contributed by atoms with Gasteiger partial charge in [-0.1, -0.05) is 54.1 Å². The standard InChI is InChI=1S/C23H23ClN2O4S2/c1-30-20-13-12-17(24)15-22(20)32(28,29)26-19(14-16-8-4-3-5-9-16)23(27)25-18-10-6-7-11-21(18)31-2/h3-13,15,19,26H,14H2,1-2H3,(H,25,27). The summed E-state index contributed by atoms with van der Waals surface area (Å²) in [4.78, 5) is 13.9. The molecule has 0 spiro atoms. The number of sulfonamides is 1. The van der Waals surface area contributed by atoms with E-state index in [0.717, 1.165) is 10.5 Å². The molecule has 1 unspecified atom stereocenters. The number of methoxy groups -OCH3 is 1. The highest BCUT2D eigenvalue weighted by Gasteiger charge is 2.29. The molecule has 3 aromatic carbocycles. The summed E-state index contributed by atoms with van der Waals surface area (Å²) in [5.74, 6) is -0.339.